The first-order valence-corrected chi connectivity index (χ1v) is 7.05. The number of aliphatic hydroxyl groups excluding tert-OH is 1. The Morgan fingerprint density at radius 2 is 2.20 bits per heavy atom. The van der Waals surface area contributed by atoms with Crippen LogP contribution in [0.1, 0.15) is 29.6 Å². The minimum absolute atomic E-state index is 0.114. The molecule has 20 heavy (non-hydrogen) atoms. The standard InChI is InChI=1S/C14H22N4O2/c15-14(20)11-2-3-13(17-10-11)16-6-1-7-18-8-4-12(19)5-9-18/h2-3,10,12,19H,1,4-9H2,(H2,15,20)(H,16,17). The number of aromatic nitrogens is 1. The van der Waals surface area contributed by atoms with Crippen molar-refractivity contribution >= 4 is 11.7 Å². The number of carbonyl (C=O) groups excluding carboxylic acids is 1. The second kappa shape index (κ2) is 7.21. The van der Waals surface area contributed by atoms with E-state index in [4.69, 9.17) is 5.73 Å². The summed E-state index contributed by atoms with van der Waals surface area (Å²) in [5, 5.41) is 12.6. The van der Waals surface area contributed by atoms with Crippen molar-refractivity contribution in [1.82, 2.24) is 9.88 Å². The van der Waals surface area contributed by atoms with E-state index in [1.165, 1.54) is 6.20 Å². The van der Waals surface area contributed by atoms with Gasteiger partial charge in [0.15, 0.2) is 0 Å². The first-order valence-electron chi connectivity index (χ1n) is 7.05. The zero-order chi connectivity index (χ0) is 14.4. The molecule has 6 heteroatoms. The number of nitrogens with zero attached hydrogens (tertiary/aromatic N) is 2. The third-order valence-corrected chi connectivity index (χ3v) is 3.56. The second-order valence-corrected chi connectivity index (χ2v) is 5.15. The lowest BCUT2D eigenvalue weighted by atomic mass is 10.1. The Hall–Kier alpha value is -1.66. The fraction of sp³-hybridized carbons (Fsp3) is 0.571. The van der Waals surface area contributed by atoms with E-state index in [2.05, 4.69) is 15.2 Å². The zero-order valence-corrected chi connectivity index (χ0v) is 11.6. The molecule has 0 atom stereocenters. The molecular formula is C14H22N4O2. The topological polar surface area (TPSA) is 91.5 Å². The van der Waals surface area contributed by atoms with Crippen molar-refractivity contribution < 1.29 is 9.90 Å². The molecule has 0 spiro atoms. The van der Waals surface area contributed by atoms with Gasteiger partial charge >= 0.3 is 0 Å². The number of hydrogen-bond donors (Lipinski definition) is 3. The van der Waals surface area contributed by atoms with Gasteiger partial charge < -0.3 is 21.1 Å². The van der Waals surface area contributed by atoms with Crippen molar-refractivity contribution in [3.05, 3.63) is 23.9 Å². The third kappa shape index (κ3) is 4.47. The van der Waals surface area contributed by atoms with Crippen LogP contribution in [-0.4, -0.2) is 53.2 Å². The molecule has 1 saturated heterocycles. The Labute approximate surface area is 119 Å². The van der Waals surface area contributed by atoms with Gasteiger partial charge in [0.1, 0.15) is 5.82 Å². The molecule has 1 fully saturated rings. The van der Waals surface area contributed by atoms with Crippen LogP contribution in [0.5, 0.6) is 0 Å². The van der Waals surface area contributed by atoms with Crippen molar-refractivity contribution in [3.8, 4) is 0 Å². The van der Waals surface area contributed by atoms with E-state index in [0.717, 1.165) is 51.3 Å². The Balaban J connectivity index is 1.64. The van der Waals surface area contributed by atoms with Gasteiger partial charge in [-0.3, -0.25) is 4.79 Å². The highest BCUT2D eigenvalue weighted by Crippen LogP contribution is 2.10. The van der Waals surface area contributed by atoms with Gasteiger partial charge in [0.25, 0.3) is 0 Å². The summed E-state index contributed by atoms with van der Waals surface area (Å²) in [4.78, 5) is 17.4. The number of pyridine rings is 1. The highest BCUT2D eigenvalue weighted by atomic mass is 16.3. The largest absolute Gasteiger partial charge is 0.393 e. The van der Waals surface area contributed by atoms with Crippen LogP contribution in [0.15, 0.2) is 18.3 Å². The second-order valence-electron chi connectivity index (χ2n) is 5.15. The van der Waals surface area contributed by atoms with Gasteiger partial charge in [0, 0.05) is 25.8 Å². The summed E-state index contributed by atoms with van der Waals surface area (Å²) < 4.78 is 0. The highest BCUT2D eigenvalue weighted by molar-refractivity contribution is 5.92. The number of nitrogens with two attached hydrogens (primary N) is 1. The SMILES string of the molecule is NC(=O)c1ccc(NCCCN2CCC(O)CC2)nc1. The van der Waals surface area contributed by atoms with Crippen LogP contribution < -0.4 is 11.1 Å². The molecule has 1 aliphatic rings. The number of rotatable bonds is 6. The number of likely N-dealkylation sites (tertiary alicyclic amines) is 1. The molecule has 1 amide bonds. The molecule has 1 aromatic rings. The fourth-order valence-electron chi connectivity index (χ4n) is 2.31. The lowest BCUT2D eigenvalue weighted by Gasteiger charge is -2.29. The third-order valence-electron chi connectivity index (χ3n) is 3.56. The summed E-state index contributed by atoms with van der Waals surface area (Å²) in [6.45, 7) is 3.82. The lowest BCUT2D eigenvalue weighted by molar-refractivity contribution is 0.0825. The number of hydrogen-bond acceptors (Lipinski definition) is 5. The summed E-state index contributed by atoms with van der Waals surface area (Å²) in [5.41, 5.74) is 5.57. The van der Waals surface area contributed by atoms with Gasteiger partial charge in [-0.25, -0.2) is 4.98 Å². The minimum Gasteiger partial charge on any atom is -0.393 e. The maximum absolute atomic E-state index is 10.9. The van der Waals surface area contributed by atoms with Crippen LogP contribution in [0.25, 0.3) is 0 Å². The number of primary amides is 1. The van der Waals surface area contributed by atoms with Crippen molar-refractivity contribution in [3.63, 3.8) is 0 Å². The molecule has 2 heterocycles. The van der Waals surface area contributed by atoms with Crippen molar-refractivity contribution in [1.29, 1.82) is 0 Å². The average molecular weight is 278 g/mol. The van der Waals surface area contributed by atoms with Crippen LogP contribution in [0, 0.1) is 0 Å². The number of piperidine rings is 1. The number of nitrogens with one attached hydrogen (secondary N) is 1. The maximum atomic E-state index is 10.9. The van der Waals surface area contributed by atoms with Gasteiger partial charge in [-0.1, -0.05) is 0 Å². The van der Waals surface area contributed by atoms with Gasteiger partial charge in [0.2, 0.25) is 5.91 Å². The monoisotopic (exact) mass is 278 g/mol. The molecule has 0 saturated carbocycles. The Morgan fingerprint density at radius 3 is 2.80 bits per heavy atom. The molecule has 1 aromatic heterocycles. The van der Waals surface area contributed by atoms with Crippen LogP contribution in [0.3, 0.4) is 0 Å². The highest BCUT2D eigenvalue weighted by Gasteiger charge is 2.15. The summed E-state index contributed by atoms with van der Waals surface area (Å²) in [6.07, 6.45) is 4.15. The van der Waals surface area contributed by atoms with Crippen molar-refractivity contribution in [2.45, 2.75) is 25.4 Å². The molecule has 0 unspecified atom stereocenters. The predicted molar refractivity (Wildman–Crippen MR) is 77.5 cm³/mol. The smallest absolute Gasteiger partial charge is 0.250 e. The van der Waals surface area contributed by atoms with E-state index in [9.17, 15) is 9.90 Å². The minimum atomic E-state index is -0.462. The van der Waals surface area contributed by atoms with Crippen LogP contribution in [0.4, 0.5) is 5.82 Å². The van der Waals surface area contributed by atoms with E-state index in [0.29, 0.717) is 5.56 Å². The van der Waals surface area contributed by atoms with Gasteiger partial charge in [0.05, 0.1) is 11.7 Å². The predicted octanol–water partition coefficient (Wildman–Crippen LogP) is 0.439. The van der Waals surface area contributed by atoms with Crippen LogP contribution >= 0.6 is 0 Å². The molecule has 0 bridgehead atoms. The number of anilines is 1. The molecule has 4 N–H and O–H groups in total. The van der Waals surface area contributed by atoms with E-state index >= 15 is 0 Å². The van der Waals surface area contributed by atoms with E-state index in [-0.39, 0.29) is 6.10 Å². The molecule has 0 aromatic carbocycles. The zero-order valence-electron chi connectivity index (χ0n) is 11.6. The average Bonchev–Trinajstić information content (AvgIpc) is 2.46. The first kappa shape index (κ1) is 14.7. The Kier molecular flexibility index (Phi) is 5.31. The van der Waals surface area contributed by atoms with E-state index < -0.39 is 5.91 Å². The van der Waals surface area contributed by atoms with Gasteiger partial charge in [-0.2, -0.15) is 0 Å². The molecule has 1 aliphatic heterocycles. The molecule has 110 valence electrons. The summed E-state index contributed by atoms with van der Waals surface area (Å²) >= 11 is 0. The Bertz CT molecular complexity index is 427. The summed E-state index contributed by atoms with van der Waals surface area (Å²) in [7, 11) is 0. The lowest BCUT2D eigenvalue weighted by Crippen LogP contribution is -2.36. The van der Waals surface area contributed by atoms with Gasteiger partial charge in [-0.15, -0.1) is 0 Å². The first-order chi connectivity index (χ1) is 9.65. The maximum Gasteiger partial charge on any atom is 0.250 e. The van der Waals surface area contributed by atoms with E-state index in [1.807, 2.05) is 0 Å². The number of aliphatic hydroxyl groups is 1. The molecule has 0 radical (unpaired) electrons. The normalized spacial score (nSPS) is 17.1. The van der Waals surface area contributed by atoms with E-state index in [1.54, 1.807) is 12.1 Å². The Morgan fingerprint density at radius 1 is 1.45 bits per heavy atom. The van der Waals surface area contributed by atoms with Crippen LogP contribution in [0.2, 0.25) is 0 Å². The molecule has 0 aliphatic carbocycles. The summed E-state index contributed by atoms with van der Waals surface area (Å²) in [6, 6.07) is 3.43. The fourth-order valence-corrected chi connectivity index (χ4v) is 2.31. The van der Waals surface area contributed by atoms with Crippen molar-refractivity contribution in [2.24, 2.45) is 5.73 Å². The molecular weight excluding hydrogens is 256 g/mol. The number of amides is 1. The van der Waals surface area contributed by atoms with Crippen LogP contribution in [-0.2, 0) is 0 Å². The van der Waals surface area contributed by atoms with Crippen molar-refractivity contribution in [2.75, 3.05) is 31.5 Å². The molecule has 6 nitrogen and oxygen atoms in total. The quantitative estimate of drug-likeness (QED) is 0.657. The summed E-state index contributed by atoms with van der Waals surface area (Å²) in [5.74, 6) is 0.292. The number of carbonyl (C=O) groups is 1. The molecule has 2 rings (SSSR count). The van der Waals surface area contributed by atoms with Gasteiger partial charge in [-0.05, 0) is 37.9 Å².